The van der Waals surface area contributed by atoms with Crippen molar-refractivity contribution in [1.29, 1.82) is 5.26 Å². The molecule has 0 spiro atoms. The third kappa shape index (κ3) is 3.64. The molecule has 2 atom stereocenters. The first-order valence-electron chi connectivity index (χ1n) is 7.35. The highest BCUT2D eigenvalue weighted by Gasteiger charge is 2.36. The summed E-state index contributed by atoms with van der Waals surface area (Å²) in [6, 6.07) is 12.3. The molecule has 23 heavy (non-hydrogen) atoms. The van der Waals surface area contributed by atoms with Crippen molar-refractivity contribution in [2.45, 2.75) is 19.3 Å². The van der Waals surface area contributed by atoms with E-state index in [9.17, 15) is 10.1 Å². The van der Waals surface area contributed by atoms with E-state index in [2.05, 4.69) is 12.2 Å². The Balaban J connectivity index is 1.73. The summed E-state index contributed by atoms with van der Waals surface area (Å²) in [4.78, 5) is 12.2. The Morgan fingerprint density at radius 1 is 1.35 bits per heavy atom. The molecule has 0 radical (unpaired) electrons. The van der Waals surface area contributed by atoms with E-state index < -0.39 is 5.91 Å². The van der Waals surface area contributed by atoms with Crippen LogP contribution >= 0.6 is 11.6 Å². The van der Waals surface area contributed by atoms with Crippen molar-refractivity contribution in [2.75, 3.05) is 5.32 Å². The number of nitriles is 1. The van der Waals surface area contributed by atoms with Gasteiger partial charge in [-0.15, -0.1) is 0 Å². The number of hydrogen-bond acceptors (Lipinski definition) is 3. The van der Waals surface area contributed by atoms with Crippen LogP contribution < -0.4 is 5.32 Å². The van der Waals surface area contributed by atoms with E-state index in [0.29, 0.717) is 28.3 Å². The van der Waals surface area contributed by atoms with E-state index in [1.165, 1.54) is 6.08 Å². The SMILES string of the molecule is CC1CC1c1ccc(/C=C(\C#N)C(=O)Nc2ccc(Cl)cc2)o1. The fraction of sp³-hybridized carbons (Fsp3) is 0.222. The highest BCUT2D eigenvalue weighted by molar-refractivity contribution is 6.30. The van der Waals surface area contributed by atoms with E-state index in [0.717, 1.165) is 12.2 Å². The van der Waals surface area contributed by atoms with E-state index >= 15 is 0 Å². The molecule has 1 fully saturated rings. The average molecular weight is 327 g/mol. The summed E-state index contributed by atoms with van der Waals surface area (Å²) >= 11 is 5.80. The molecule has 1 aromatic carbocycles. The average Bonchev–Trinajstić information content (AvgIpc) is 3.09. The lowest BCUT2D eigenvalue weighted by molar-refractivity contribution is -0.112. The topological polar surface area (TPSA) is 66.0 Å². The van der Waals surface area contributed by atoms with Gasteiger partial charge in [-0.2, -0.15) is 5.26 Å². The van der Waals surface area contributed by atoms with Crippen LogP contribution in [-0.4, -0.2) is 5.91 Å². The van der Waals surface area contributed by atoms with Crippen LogP contribution in [0.15, 0.2) is 46.4 Å². The monoisotopic (exact) mass is 326 g/mol. The van der Waals surface area contributed by atoms with Crippen molar-refractivity contribution in [3.63, 3.8) is 0 Å². The summed E-state index contributed by atoms with van der Waals surface area (Å²) in [5.74, 6) is 2.06. The number of hydrogen-bond donors (Lipinski definition) is 1. The Labute approximate surface area is 139 Å². The fourth-order valence-electron chi connectivity index (χ4n) is 2.39. The molecule has 1 heterocycles. The number of nitrogens with one attached hydrogen (secondary N) is 1. The Morgan fingerprint density at radius 3 is 2.65 bits per heavy atom. The molecule has 1 aliphatic rings. The molecule has 1 N–H and O–H groups in total. The second kappa shape index (κ2) is 6.31. The van der Waals surface area contributed by atoms with Gasteiger partial charge in [-0.1, -0.05) is 18.5 Å². The minimum Gasteiger partial charge on any atom is -0.461 e. The molecule has 0 bridgehead atoms. The molecule has 1 amide bonds. The quantitative estimate of drug-likeness (QED) is 0.659. The van der Waals surface area contributed by atoms with Gasteiger partial charge in [0.2, 0.25) is 0 Å². The number of anilines is 1. The molecule has 5 heteroatoms. The number of amides is 1. The van der Waals surface area contributed by atoms with Crippen molar-refractivity contribution in [2.24, 2.45) is 5.92 Å². The second-order valence-electron chi connectivity index (χ2n) is 5.69. The molecular weight excluding hydrogens is 312 g/mol. The summed E-state index contributed by atoms with van der Waals surface area (Å²) < 4.78 is 5.70. The number of halogens is 1. The van der Waals surface area contributed by atoms with Gasteiger partial charge in [0.1, 0.15) is 23.2 Å². The Hall–Kier alpha value is -2.51. The molecule has 2 aromatic rings. The zero-order valence-electron chi connectivity index (χ0n) is 12.5. The highest BCUT2D eigenvalue weighted by atomic mass is 35.5. The molecule has 0 saturated heterocycles. The lowest BCUT2D eigenvalue weighted by atomic mass is 10.2. The van der Waals surface area contributed by atoms with Gasteiger partial charge in [0.25, 0.3) is 5.91 Å². The maximum absolute atomic E-state index is 12.2. The van der Waals surface area contributed by atoms with E-state index in [4.69, 9.17) is 16.0 Å². The second-order valence-corrected chi connectivity index (χ2v) is 6.13. The lowest BCUT2D eigenvalue weighted by Crippen LogP contribution is -2.13. The van der Waals surface area contributed by atoms with Gasteiger partial charge in [0.15, 0.2) is 0 Å². The summed E-state index contributed by atoms with van der Waals surface area (Å²) in [7, 11) is 0. The summed E-state index contributed by atoms with van der Waals surface area (Å²) in [5.41, 5.74) is 0.567. The van der Waals surface area contributed by atoms with Crippen molar-refractivity contribution in [1.82, 2.24) is 0 Å². The minimum absolute atomic E-state index is 0.00954. The van der Waals surface area contributed by atoms with Crippen molar-refractivity contribution in [3.05, 3.63) is 58.5 Å². The molecule has 4 nitrogen and oxygen atoms in total. The molecule has 2 unspecified atom stereocenters. The Kier molecular flexibility index (Phi) is 4.22. The highest BCUT2D eigenvalue weighted by Crippen LogP contribution is 2.47. The maximum atomic E-state index is 12.2. The van der Waals surface area contributed by atoms with Gasteiger partial charge in [-0.05, 0) is 48.7 Å². The van der Waals surface area contributed by atoms with Crippen LogP contribution in [0.2, 0.25) is 5.02 Å². The zero-order chi connectivity index (χ0) is 16.4. The molecule has 1 aromatic heterocycles. The van der Waals surface area contributed by atoms with Crippen molar-refractivity contribution < 1.29 is 9.21 Å². The minimum atomic E-state index is -0.479. The zero-order valence-corrected chi connectivity index (χ0v) is 13.3. The summed E-state index contributed by atoms with van der Waals surface area (Å²) in [6.07, 6.45) is 2.58. The van der Waals surface area contributed by atoms with Gasteiger partial charge in [0.05, 0.1) is 0 Å². The summed E-state index contributed by atoms with van der Waals surface area (Å²) in [6.45, 7) is 2.17. The smallest absolute Gasteiger partial charge is 0.266 e. The Bertz CT molecular complexity index is 799. The number of nitrogens with zero attached hydrogens (tertiary/aromatic N) is 1. The van der Waals surface area contributed by atoms with Crippen LogP contribution in [0, 0.1) is 17.2 Å². The number of carbonyl (C=O) groups excluding carboxylic acids is 1. The fourth-order valence-corrected chi connectivity index (χ4v) is 2.51. The molecule has 3 rings (SSSR count). The normalized spacial score (nSPS) is 20.0. The van der Waals surface area contributed by atoms with Gasteiger partial charge >= 0.3 is 0 Å². The van der Waals surface area contributed by atoms with Crippen molar-refractivity contribution in [3.8, 4) is 6.07 Å². The lowest BCUT2D eigenvalue weighted by Gasteiger charge is -2.03. The molecular formula is C18H15ClN2O2. The number of benzene rings is 1. The number of furan rings is 1. The van der Waals surface area contributed by atoms with Crippen LogP contribution in [-0.2, 0) is 4.79 Å². The molecule has 1 aliphatic carbocycles. The van der Waals surface area contributed by atoms with Crippen molar-refractivity contribution >= 4 is 29.3 Å². The molecule has 0 aliphatic heterocycles. The van der Waals surface area contributed by atoms with Crippen LogP contribution in [0.5, 0.6) is 0 Å². The van der Waals surface area contributed by atoms with Crippen LogP contribution in [0.3, 0.4) is 0 Å². The predicted molar refractivity (Wildman–Crippen MR) is 88.9 cm³/mol. The third-order valence-corrected chi connectivity index (χ3v) is 4.13. The van der Waals surface area contributed by atoms with Gasteiger partial charge in [-0.3, -0.25) is 4.79 Å². The van der Waals surface area contributed by atoms with E-state index in [-0.39, 0.29) is 5.57 Å². The number of rotatable bonds is 4. The van der Waals surface area contributed by atoms with Crippen LogP contribution in [0.1, 0.15) is 30.8 Å². The van der Waals surface area contributed by atoms with Gasteiger partial charge in [-0.25, -0.2) is 0 Å². The first-order chi connectivity index (χ1) is 11.1. The molecule has 116 valence electrons. The van der Waals surface area contributed by atoms with Gasteiger partial charge in [0, 0.05) is 22.7 Å². The van der Waals surface area contributed by atoms with Crippen LogP contribution in [0.4, 0.5) is 5.69 Å². The standard InChI is InChI=1S/C18H15ClN2O2/c1-11-8-16(11)17-7-6-15(23-17)9-12(10-20)18(22)21-14-4-2-13(19)3-5-14/h2-7,9,11,16H,8H2,1H3,(H,21,22)/b12-9+. The first kappa shape index (κ1) is 15.4. The first-order valence-corrected chi connectivity index (χ1v) is 7.73. The Morgan fingerprint density at radius 2 is 2.04 bits per heavy atom. The maximum Gasteiger partial charge on any atom is 0.266 e. The summed E-state index contributed by atoms with van der Waals surface area (Å²) in [5, 5.41) is 12.4. The molecule has 1 saturated carbocycles. The number of carbonyl (C=O) groups is 1. The van der Waals surface area contributed by atoms with Gasteiger partial charge < -0.3 is 9.73 Å². The largest absolute Gasteiger partial charge is 0.461 e. The predicted octanol–water partition coefficient (Wildman–Crippen LogP) is 4.60. The van der Waals surface area contributed by atoms with E-state index in [1.807, 2.05) is 12.1 Å². The van der Waals surface area contributed by atoms with E-state index in [1.54, 1.807) is 30.3 Å². The van der Waals surface area contributed by atoms with Crippen LogP contribution in [0.25, 0.3) is 6.08 Å². The third-order valence-electron chi connectivity index (χ3n) is 3.88.